The normalized spacial score (nSPS) is 33.3. The van der Waals surface area contributed by atoms with Crippen LogP contribution in [0, 0.1) is 17.8 Å². The number of carbonyl (C=O) groups is 1. The van der Waals surface area contributed by atoms with E-state index in [1.807, 2.05) is 0 Å². The molecule has 1 amide bonds. The maximum absolute atomic E-state index is 12.6. The molecule has 0 spiro atoms. The van der Waals surface area contributed by atoms with Crippen LogP contribution >= 0.6 is 0 Å². The Labute approximate surface area is 117 Å². The molecule has 1 heterocycles. The highest BCUT2D eigenvalue weighted by atomic mass is 16.2. The molecular formula is C16H30N2O. The van der Waals surface area contributed by atoms with Crippen molar-refractivity contribution in [2.75, 3.05) is 13.1 Å². The number of hydrogen-bond donors (Lipinski definition) is 1. The van der Waals surface area contributed by atoms with Gasteiger partial charge in [-0.2, -0.15) is 0 Å². The number of hydrogen-bond acceptors (Lipinski definition) is 2. The van der Waals surface area contributed by atoms with E-state index in [1.165, 1.54) is 19.3 Å². The summed E-state index contributed by atoms with van der Waals surface area (Å²) in [5, 5.41) is 0. The van der Waals surface area contributed by atoms with Gasteiger partial charge in [0.1, 0.15) is 0 Å². The third kappa shape index (κ3) is 3.95. The SMILES string of the molecule is CC(C)C1CCCN(C(=O)C2CCC(N)CC2)CC1. The van der Waals surface area contributed by atoms with Gasteiger partial charge in [0.25, 0.3) is 0 Å². The highest BCUT2D eigenvalue weighted by molar-refractivity contribution is 5.79. The molecule has 1 saturated carbocycles. The molecule has 2 N–H and O–H groups in total. The van der Waals surface area contributed by atoms with Gasteiger partial charge in [0.15, 0.2) is 0 Å². The summed E-state index contributed by atoms with van der Waals surface area (Å²) in [6.45, 7) is 6.57. The second-order valence-corrected chi connectivity index (χ2v) is 6.87. The summed E-state index contributed by atoms with van der Waals surface area (Å²) in [5.74, 6) is 2.23. The lowest BCUT2D eigenvalue weighted by Crippen LogP contribution is -2.40. The van der Waals surface area contributed by atoms with E-state index in [-0.39, 0.29) is 5.92 Å². The molecule has 0 aromatic carbocycles. The fourth-order valence-corrected chi connectivity index (χ4v) is 3.63. The minimum atomic E-state index is 0.260. The van der Waals surface area contributed by atoms with Crippen molar-refractivity contribution in [1.82, 2.24) is 4.90 Å². The topological polar surface area (TPSA) is 46.3 Å². The van der Waals surface area contributed by atoms with Crippen LogP contribution in [-0.4, -0.2) is 29.9 Å². The molecule has 0 radical (unpaired) electrons. The quantitative estimate of drug-likeness (QED) is 0.835. The molecule has 2 fully saturated rings. The first-order chi connectivity index (χ1) is 9.08. The minimum Gasteiger partial charge on any atom is -0.342 e. The van der Waals surface area contributed by atoms with Gasteiger partial charge in [0, 0.05) is 25.0 Å². The molecule has 2 rings (SSSR count). The summed E-state index contributed by atoms with van der Waals surface area (Å²) in [5.41, 5.74) is 5.93. The molecular weight excluding hydrogens is 236 g/mol. The summed E-state index contributed by atoms with van der Waals surface area (Å²) in [6, 6.07) is 0.332. The van der Waals surface area contributed by atoms with Crippen molar-refractivity contribution in [2.24, 2.45) is 23.5 Å². The Kier molecular flexibility index (Phi) is 5.26. The van der Waals surface area contributed by atoms with Crippen molar-refractivity contribution in [2.45, 2.75) is 64.8 Å². The van der Waals surface area contributed by atoms with E-state index >= 15 is 0 Å². The van der Waals surface area contributed by atoms with E-state index in [4.69, 9.17) is 5.73 Å². The van der Waals surface area contributed by atoms with Crippen molar-refractivity contribution in [3.8, 4) is 0 Å². The van der Waals surface area contributed by atoms with Crippen molar-refractivity contribution in [3.05, 3.63) is 0 Å². The summed E-state index contributed by atoms with van der Waals surface area (Å²) < 4.78 is 0. The molecule has 1 unspecified atom stereocenters. The lowest BCUT2D eigenvalue weighted by Gasteiger charge is -2.30. The molecule has 1 aliphatic carbocycles. The molecule has 1 saturated heterocycles. The molecule has 0 aromatic heterocycles. The largest absolute Gasteiger partial charge is 0.342 e. The first-order valence-electron chi connectivity index (χ1n) is 8.12. The maximum Gasteiger partial charge on any atom is 0.225 e. The first-order valence-corrected chi connectivity index (χ1v) is 8.12. The molecule has 3 nitrogen and oxygen atoms in total. The van der Waals surface area contributed by atoms with Crippen LogP contribution in [0.4, 0.5) is 0 Å². The van der Waals surface area contributed by atoms with Crippen molar-refractivity contribution in [1.29, 1.82) is 0 Å². The second kappa shape index (κ2) is 6.74. The fraction of sp³-hybridized carbons (Fsp3) is 0.938. The van der Waals surface area contributed by atoms with Crippen LogP contribution in [0.3, 0.4) is 0 Å². The summed E-state index contributed by atoms with van der Waals surface area (Å²) in [6.07, 6.45) is 7.72. The molecule has 110 valence electrons. The summed E-state index contributed by atoms with van der Waals surface area (Å²) in [7, 11) is 0. The van der Waals surface area contributed by atoms with E-state index in [9.17, 15) is 4.79 Å². The van der Waals surface area contributed by atoms with Crippen LogP contribution in [0.25, 0.3) is 0 Å². The zero-order valence-electron chi connectivity index (χ0n) is 12.6. The van der Waals surface area contributed by atoms with E-state index in [1.54, 1.807) is 0 Å². The molecule has 0 aromatic rings. The standard InChI is InChI=1S/C16H30N2O/c1-12(2)13-4-3-10-18(11-9-13)16(19)14-5-7-15(17)8-6-14/h12-15H,3-11,17H2,1-2H3. The van der Waals surface area contributed by atoms with Crippen LogP contribution in [0.5, 0.6) is 0 Å². The third-order valence-corrected chi connectivity index (χ3v) is 5.15. The monoisotopic (exact) mass is 266 g/mol. The predicted molar refractivity (Wildman–Crippen MR) is 78.7 cm³/mol. The lowest BCUT2D eigenvalue weighted by atomic mass is 9.85. The molecule has 0 bridgehead atoms. The predicted octanol–water partition coefficient (Wildman–Crippen LogP) is 2.79. The van der Waals surface area contributed by atoms with Gasteiger partial charge in [-0.3, -0.25) is 4.79 Å². The average molecular weight is 266 g/mol. The molecule has 1 atom stereocenters. The Morgan fingerprint density at radius 1 is 1.05 bits per heavy atom. The average Bonchev–Trinajstić information content (AvgIpc) is 2.64. The Balaban J connectivity index is 1.85. The Bertz CT molecular complexity index is 295. The van der Waals surface area contributed by atoms with Crippen LogP contribution in [0.2, 0.25) is 0 Å². The molecule has 3 heteroatoms. The van der Waals surface area contributed by atoms with E-state index in [2.05, 4.69) is 18.7 Å². The Hall–Kier alpha value is -0.570. The van der Waals surface area contributed by atoms with Crippen molar-refractivity contribution >= 4 is 5.91 Å². The number of amides is 1. The van der Waals surface area contributed by atoms with Gasteiger partial charge in [0.2, 0.25) is 5.91 Å². The molecule has 2 aliphatic rings. The van der Waals surface area contributed by atoms with Gasteiger partial charge in [-0.25, -0.2) is 0 Å². The van der Waals surface area contributed by atoms with E-state index < -0.39 is 0 Å². The zero-order chi connectivity index (χ0) is 13.8. The van der Waals surface area contributed by atoms with Gasteiger partial charge in [-0.1, -0.05) is 13.8 Å². The van der Waals surface area contributed by atoms with Crippen molar-refractivity contribution in [3.63, 3.8) is 0 Å². The van der Waals surface area contributed by atoms with E-state index in [0.29, 0.717) is 11.9 Å². The van der Waals surface area contributed by atoms with Crippen LogP contribution in [0.1, 0.15) is 58.8 Å². The number of likely N-dealkylation sites (tertiary alicyclic amines) is 1. The lowest BCUT2D eigenvalue weighted by molar-refractivity contribution is -0.136. The number of nitrogens with two attached hydrogens (primary N) is 1. The minimum absolute atomic E-state index is 0.260. The van der Waals surface area contributed by atoms with Crippen LogP contribution in [-0.2, 0) is 4.79 Å². The van der Waals surface area contributed by atoms with Crippen LogP contribution in [0.15, 0.2) is 0 Å². The van der Waals surface area contributed by atoms with Gasteiger partial charge < -0.3 is 10.6 Å². The van der Waals surface area contributed by atoms with Gasteiger partial charge in [-0.05, 0) is 56.8 Å². The van der Waals surface area contributed by atoms with Crippen LogP contribution < -0.4 is 5.73 Å². The molecule has 1 aliphatic heterocycles. The van der Waals surface area contributed by atoms with Gasteiger partial charge in [0.05, 0.1) is 0 Å². The number of carbonyl (C=O) groups excluding carboxylic acids is 1. The third-order valence-electron chi connectivity index (χ3n) is 5.15. The Morgan fingerprint density at radius 2 is 1.74 bits per heavy atom. The Morgan fingerprint density at radius 3 is 2.37 bits per heavy atom. The molecule has 19 heavy (non-hydrogen) atoms. The van der Waals surface area contributed by atoms with Gasteiger partial charge >= 0.3 is 0 Å². The zero-order valence-corrected chi connectivity index (χ0v) is 12.6. The van der Waals surface area contributed by atoms with E-state index in [0.717, 1.165) is 50.6 Å². The summed E-state index contributed by atoms with van der Waals surface area (Å²) >= 11 is 0. The fourth-order valence-electron chi connectivity index (χ4n) is 3.63. The second-order valence-electron chi connectivity index (χ2n) is 6.87. The number of nitrogens with zero attached hydrogens (tertiary/aromatic N) is 1. The summed E-state index contributed by atoms with van der Waals surface area (Å²) in [4.78, 5) is 14.7. The highest BCUT2D eigenvalue weighted by Crippen LogP contribution is 2.28. The first kappa shape index (κ1) is 14.8. The maximum atomic E-state index is 12.6. The van der Waals surface area contributed by atoms with Gasteiger partial charge in [-0.15, -0.1) is 0 Å². The number of rotatable bonds is 2. The van der Waals surface area contributed by atoms with Crippen molar-refractivity contribution < 1.29 is 4.79 Å². The smallest absolute Gasteiger partial charge is 0.225 e. The highest BCUT2D eigenvalue weighted by Gasteiger charge is 2.29.